The van der Waals surface area contributed by atoms with Crippen LogP contribution in [0.5, 0.6) is 5.75 Å². The molecule has 35 heavy (non-hydrogen) atoms. The number of phenols is 1. The van der Waals surface area contributed by atoms with Crippen LogP contribution in [-0.2, 0) is 20.8 Å². The average molecular weight is 477 g/mol. The Balaban J connectivity index is 1.76. The molecule has 1 amide bonds. The minimum Gasteiger partial charge on any atom is -0.508 e. The van der Waals surface area contributed by atoms with E-state index >= 15 is 0 Å². The number of ketones is 2. The van der Waals surface area contributed by atoms with Crippen molar-refractivity contribution in [3.05, 3.63) is 82.1 Å². The standard InChI is InChI=1S/C26H23NO8/c27-25(34)19-16(29)10-14-21(30)18-13(9-11-5-2-1-3-6-11)12-7-4-8-15(28)17(12)22(31)20(18)24(33)26(14,35)23(19)32/h1-8,13-14,18,21,28,30-32,35H,9-10H2,(H2,27,34)/t13-,14+,18+,21+,26+/m0/s1. The summed E-state index contributed by atoms with van der Waals surface area (Å²) in [7, 11) is 0. The molecule has 5 rings (SSSR count). The van der Waals surface area contributed by atoms with Crippen molar-refractivity contribution < 1.29 is 39.9 Å². The maximum absolute atomic E-state index is 13.8. The van der Waals surface area contributed by atoms with E-state index in [4.69, 9.17) is 5.73 Å². The van der Waals surface area contributed by atoms with Gasteiger partial charge in [0.2, 0.25) is 5.78 Å². The van der Waals surface area contributed by atoms with Crippen LogP contribution in [0.4, 0.5) is 0 Å². The second-order valence-corrected chi connectivity index (χ2v) is 9.23. The number of benzene rings is 2. The lowest BCUT2D eigenvalue weighted by Crippen LogP contribution is -2.64. The summed E-state index contributed by atoms with van der Waals surface area (Å²) in [4.78, 5) is 38.1. The molecule has 0 saturated heterocycles. The molecule has 180 valence electrons. The molecular weight excluding hydrogens is 454 g/mol. The zero-order valence-electron chi connectivity index (χ0n) is 18.4. The van der Waals surface area contributed by atoms with E-state index in [0.717, 1.165) is 5.56 Å². The molecule has 0 heterocycles. The van der Waals surface area contributed by atoms with Crippen molar-refractivity contribution in [3.63, 3.8) is 0 Å². The molecule has 0 aromatic heterocycles. The first-order valence-electron chi connectivity index (χ1n) is 11.1. The van der Waals surface area contributed by atoms with E-state index in [9.17, 15) is 39.9 Å². The Morgan fingerprint density at radius 1 is 1.03 bits per heavy atom. The summed E-state index contributed by atoms with van der Waals surface area (Å²) < 4.78 is 0. The smallest absolute Gasteiger partial charge is 0.255 e. The Kier molecular flexibility index (Phi) is 5.08. The minimum absolute atomic E-state index is 0.0206. The second-order valence-electron chi connectivity index (χ2n) is 9.23. The van der Waals surface area contributed by atoms with Gasteiger partial charge in [0.1, 0.15) is 22.8 Å². The van der Waals surface area contributed by atoms with Gasteiger partial charge in [-0.25, -0.2) is 0 Å². The number of amides is 1. The number of primary amides is 1. The van der Waals surface area contributed by atoms with Crippen molar-refractivity contribution in [3.8, 4) is 5.75 Å². The summed E-state index contributed by atoms with van der Waals surface area (Å²) in [5.74, 6) is -8.76. The molecule has 0 spiro atoms. The lowest BCUT2D eigenvalue weighted by atomic mass is 9.55. The molecule has 3 aliphatic carbocycles. The summed E-state index contributed by atoms with van der Waals surface area (Å²) in [6, 6.07) is 13.8. The highest BCUT2D eigenvalue weighted by molar-refractivity contribution is 6.23. The van der Waals surface area contributed by atoms with E-state index in [1.165, 1.54) is 6.07 Å². The van der Waals surface area contributed by atoms with Crippen molar-refractivity contribution in [2.45, 2.75) is 30.5 Å². The van der Waals surface area contributed by atoms with Crippen LogP contribution in [0.2, 0.25) is 0 Å². The number of phenolic OH excluding ortho intramolecular Hbond substituents is 1. The van der Waals surface area contributed by atoms with E-state index < -0.39 is 76.0 Å². The highest BCUT2D eigenvalue weighted by Crippen LogP contribution is 2.56. The number of carbonyl (C=O) groups excluding carboxylic acids is 3. The maximum atomic E-state index is 13.8. The first-order chi connectivity index (χ1) is 16.6. The van der Waals surface area contributed by atoms with Crippen LogP contribution in [0, 0.1) is 11.8 Å². The Hall–Kier alpha value is -3.95. The molecule has 1 saturated carbocycles. The maximum Gasteiger partial charge on any atom is 0.255 e. The SMILES string of the molecule is NC(=O)C1=C(O)[C@@]2(O)C(=O)C3=C(O)c4c(O)cccc4[C@H](Cc4ccccc4)[C@H]3[C@H](O)[C@H]2CC1=O. The predicted molar refractivity (Wildman–Crippen MR) is 122 cm³/mol. The summed E-state index contributed by atoms with van der Waals surface area (Å²) in [5, 5.41) is 55.3. The lowest BCUT2D eigenvalue weighted by molar-refractivity contribution is -0.160. The van der Waals surface area contributed by atoms with Crippen LogP contribution in [0.1, 0.15) is 29.0 Å². The van der Waals surface area contributed by atoms with Gasteiger partial charge in [0.25, 0.3) is 5.91 Å². The Bertz CT molecular complexity index is 1340. The summed E-state index contributed by atoms with van der Waals surface area (Å²) >= 11 is 0. The quantitative estimate of drug-likeness (QED) is 0.357. The topological polar surface area (TPSA) is 178 Å². The molecular formula is C26H23NO8. The fraction of sp³-hybridized carbons (Fsp3) is 0.269. The fourth-order valence-electron chi connectivity index (χ4n) is 5.89. The Morgan fingerprint density at radius 2 is 1.71 bits per heavy atom. The third-order valence-electron chi connectivity index (χ3n) is 7.47. The molecule has 5 atom stereocenters. The van der Waals surface area contributed by atoms with Gasteiger partial charge in [-0.2, -0.15) is 0 Å². The highest BCUT2D eigenvalue weighted by atomic mass is 16.4. The van der Waals surface area contributed by atoms with E-state index in [2.05, 4.69) is 0 Å². The van der Waals surface area contributed by atoms with Crippen LogP contribution in [0.25, 0.3) is 5.76 Å². The number of hydrogen-bond donors (Lipinski definition) is 6. The zero-order chi connectivity index (χ0) is 25.2. The molecule has 9 heteroatoms. The minimum atomic E-state index is -2.85. The monoisotopic (exact) mass is 477 g/mol. The van der Waals surface area contributed by atoms with E-state index in [1.807, 2.05) is 30.3 Å². The summed E-state index contributed by atoms with van der Waals surface area (Å²) in [6.45, 7) is 0. The van der Waals surface area contributed by atoms with Gasteiger partial charge in [0.05, 0.1) is 11.7 Å². The molecule has 0 radical (unpaired) electrons. The van der Waals surface area contributed by atoms with Crippen LogP contribution < -0.4 is 5.73 Å². The van der Waals surface area contributed by atoms with Gasteiger partial charge in [0, 0.05) is 23.8 Å². The molecule has 0 unspecified atom stereocenters. The zero-order valence-corrected chi connectivity index (χ0v) is 18.4. The van der Waals surface area contributed by atoms with Gasteiger partial charge in [-0.1, -0.05) is 42.5 Å². The van der Waals surface area contributed by atoms with Crippen LogP contribution in [-0.4, -0.2) is 54.7 Å². The van der Waals surface area contributed by atoms with Gasteiger partial charge < -0.3 is 31.3 Å². The first-order valence-corrected chi connectivity index (χ1v) is 11.1. The normalized spacial score (nSPS) is 30.0. The largest absolute Gasteiger partial charge is 0.508 e. The molecule has 1 fully saturated rings. The fourth-order valence-corrected chi connectivity index (χ4v) is 5.89. The molecule has 0 bridgehead atoms. The van der Waals surface area contributed by atoms with Crippen molar-refractivity contribution >= 4 is 23.2 Å². The highest BCUT2D eigenvalue weighted by Gasteiger charge is 2.65. The van der Waals surface area contributed by atoms with Crippen molar-refractivity contribution in [1.82, 2.24) is 0 Å². The van der Waals surface area contributed by atoms with Gasteiger partial charge in [-0.15, -0.1) is 0 Å². The lowest BCUT2D eigenvalue weighted by Gasteiger charge is -2.51. The predicted octanol–water partition coefficient (Wildman–Crippen LogP) is 1.18. The summed E-state index contributed by atoms with van der Waals surface area (Å²) in [6.07, 6.45) is -1.88. The number of carbonyl (C=O) groups is 3. The third kappa shape index (κ3) is 3.05. The number of aliphatic hydroxyl groups excluding tert-OH is 3. The molecule has 2 aromatic rings. The second kappa shape index (κ2) is 7.79. The van der Waals surface area contributed by atoms with E-state index in [-0.39, 0.29) is 11.3 Å². The molecule has 0 aliphatic heterocycles. The first kappa shape index (κ1) is 22.8. The Morgan fingerprint density at radius 3 is 2.37 bits per heavy atom. The number of hydrogen-bond acceptors (Lipinski definition) is 8. The van der Waals surface area contributed by atoms with Crippen molar-refractivity contribution in [2.24, 2.45) is 17.6 Å². The van der Waals surface area contributed by atoms with Gasteiger partial charge in [-0.05, 0) is 29.5 Å². The van der Waals surface area contributed by atoms with Gasteiger partial charge in [-0.3, -0.25) is 14.4 Å². The molecule has 2 aromatic carbocycles. The number of fused-ring (bicyclic) bond motifs is 3. The molecule has 7 N–H and O–H groups in total. The van der Waals surface area contributed by atoms with E-state index in [0.29, 0.717) is 12.0 Å². The van der Waals surface area contributed by atoms with Crippen LogP contribution in [0.3, 0.4) is 0 Å². The molecule has 3 aliphatic rings. The number of aliphatic hydroxyl groups is 4. The molecule has 9 nitrogen and oxygen atoms in total. The Labute approximate surface area is 199 Å². The van der Waals surface area contributed by atoms with Crippen LogP contribution in [0.15, 0.2) is 65.4 Å². The number of Topliss-reactive ketones (excluding diaryl/α,β-unsaturated/α-hetero) is 2. The van der Waals surface area contributed by atoms with Crippen molar-refractivity contribution in [1.29, 1.82) is 0 Å². The van der Waals surface area contributed by atoms with Gasteiger partial charge in [0.15, 0.2) is 11.4 Å². The van der Waals surface area contributed by atoms with Crippen molar-refractivity contribution in [2.75, 3.05) is 0 Å². The number of nitrogens with two attached hydrogens (primary N) is 1. The van der Waals surface area contributed by atoms with Crippen LogP contribution >= 0.6 is 0 Å². The van der Waals surface area contributed by atoms with Gasteiger partial charge >= 0.3 is 0 Å². The average Bonchev–Trinajstić information content (AvgIpc) is 2.81. The van der Waals surface area contributed by atoms with E-state index in [1.54, 1.807) is 12.1 Å². The summed E-state index contributed by atoms with van der Waals surface area (Å²) in [5.41, 5.74) is 2.36. The third-order valence-corrected chi connectivity index (χ3v) is 7.47. The number of aromatic hydroxyl groups is 1. The number of rotatable bonds is 3.